The molecule has 60 valence electrons. The van der Waals surface area contributed by atoms with Crippen LogP contribution < -0.4 is 0 Å². The van der Waals surface area contributed by atoms with Crippen molar-refractivity contribution in [2.24, 2.45) is 0 Å². The van der Waals surface area contributed by atoms with Crippen LogP contribution in [0.5, 0.6) is 0 Å². The fraction of sp³-hybridized carbons (Fsp3) is 0.857. The van der Waals surface area contributed by atoms with Crippen molar-refractivity contribution in [3.05, 3.63) is 0 Å². The molecule has 0 unspecified atom stereocenters. The van der Waals surface area contributed by atoms with Gasteiger partial charge in [0.2, 0.25) is 0 Å². The van der Waals surface area contributed by atoms with Crippen molar-refractivity contribution in [1.82, 2.24) is 0 Å². The Bertz CT molecular complexity index is 95.6. The first-order chi connectivity index (χ1) is 4.81. The van der Waals surface area contributed by atoms with Crippen molar-refractivity contribution < 1.29 is 4.74 Å². The molecule has 0 spiro atoms. The van der Waals surface area contributed by atoms with Gasteiger partial charge in [-0.25, -0.2) is 0 Å². The summed E-state index contributed by atoms with van der Waals surface area (Å²) in [6, 6.07) is 0. The van der Waals surface area contributed by atoms with E-state index < -0.39 is 0 Å². The van der Waals surface area contributed by atoms with Gasteiger partial charge in [0.1, 0.15) is 0 Å². The highest BCUT2D eigenvalue weighted by atomic mass is 35.5. The maximum Gasteiger partial charge on any atom is 0.180 e. The Labute approximate surface area is 67.0 Å². The molecule has 0 aromatic rings. The highest BCUT2D eigenvalue weighted by molar-refractivity contribution is 6.17. The molecule has 0 amide bonds. The van der Waals surface area contributed by atoms with E-state index >= 15 is 0 Å². The molecule has 1 N–H and O–H groups in total. The normalized spacial score (nSPS) is 9.40. The second-order valence-corrected chi connectivity index (χ2v) is 2.38. The molecule has 0 rings (SSSR count). The first kappa shape index (κ1) is 9.76. The summed E-state index contributed by atoms with van der Waals surface area (Å²) in [5.41, 5.74) is 0. The number of unbranched alkanes of at least 4 members (excludes halogenated alkanes) is 1. The lowest BCUT2D eigenvalue weighted by atomic mass is 10.2. The first-order valence-corrected chi connectivity index (χ1v) is 4.11. The zero-order valence-corrected chi connectivity index (χ0v) is 7.08. The van der Waals surface area contributed by atoms with Crippen molar-refractivity contribution >= 4 is 17.5 Å². The quantitative estimate of drug-likeness (QED) is 0.287. The van der Waals surface area contributed by atoms with Gasteiger partial charge in [-0.2, -0.15) is 0 Å². The number of halogens is 1. The second-order valence-electron chi connectivity index (χ2n) is 2.00. The minimum atomic E-state index is 0.382. The number of ether oxygens (including phenoxy) is 1. The maximum absolute atomic E-state index is 7.20. The smallest absolute Gasteiger partial charge is 0.180 e. The summed E-state index contributed by atoms with van der Waals surface area (Å²) in [6.07, 6.45) is 2.65. The molecule has 0 saturated carbocycles. The van der Waals surface area contributed by atoms with Gasteiger partial charge in [0, 0.05) is 12.3 Å². The van der Waals surface area contributed by atoms with Gasteiger partial charge in [-0.15, -0.1) is 11.6 Å². The molecule has 0 aromatic heterocycles. The molecule has 0 saturated heterocycles. The molecule has 3 heteroatoms. The summed E-state index contributed by atoms with van der Waals surface area (Å²) < 4.78 is 4.93. The molecule has 0 aliphatic rings. The van der Waals surface area contributed by atoms with E-state index in [0.717, 1.165) is 19.3 Å². The summed E-state index contributed by atoms with van der Waals surface area (Å²) in [5, 5.41) is 7.20. The number of nitrogens with one attached hydrogen (secondary N) is 1. The van der Waals surface area contributed by atoms with Crippen LogP contribution in [0.25, 0.3) is 0 Å². The summed E-state index contributed by atoms with van der Waals surface area (Å²) in [7, 11) is 0. The van der Waals surface area contributed by atoms with E-state index in [-0.39, 0.29) is 0 Å². The number of hydrogen-bond donors (Lipinski definition) is 1. The monoisotopic (exact) mass is 163 g/mol. The standard InChI is InChI=1S/C7H14ClNO/c1-2-10-7(9)5-3-4-6-8/h9H,2-6H2,1H3. The van der Waals surface area contributed by atoms with E-state index in [2.05, 4.69) is 0 Å². The molecule has 10 heavy (non-hydrogen) atoms. The minimum Gasteiger partial charge on any atom is -0.481 e. The largest absolute Gasteiger partial charge is 0.481 e. The molecule has 0 radical (unpaired) electrons. The van der Waals surface area contributed by atoms with Crippen molar-refractivity contribution in [3.8, 4) is 0 Å². The van der Waals surface area contributed by atoms with Crippen molar-refractivity contribution in [3.63, 3.8) is 0 Å². The summed E-state index contributed by atoms with van der Waals surface area (Å²) in [5.74, 6) is 1.06. The summed E-state index contributed by atoms with van der Waals surface area (Å²) in [4.78, 5) is 0. The van der Waals surface area contributed by atoms with Gasteiger partial charge in [-0.1, -0.05) is 0 Å². The number of hydrogen-bond acceptors (Lipinski definition) is 2. The molecule has 0 fully saturated rings. The molecule has 0 atom stereocenters. The van der Waals surface area contributed by atoms with E-state index in [4.69, 9.17) is 21.7 Å². The summed E-state index contributed by atoms with van der Waals surface area (Å²) >= 11 is 5.45. The average Bonchev–Trinajstić information content (AvgIpc) is 1.89. The van der Waals surface area contributed by atoms with Gasteiger partial charge >= 0.3 is 0 Å². The van der Waals surface area contributed by atoms with Crippen LogP contribution in [0.1, 0.15) is 26.2 Å². The van der Waals surface area contributed by atoms with Crippen LogP contribution in [0.15, 0.2) is 0 Å². The zero-order valence-electron chi connectivity index (χ0n) is 6.32. The van der Waals surface area contributed by atoms with Gasteiger partial charge in [0.25, 0.3) is 0 Å². The highest BCUT2D eigenvalue weighted by Crippen LogP contribution is 1.98. The van der Waals surface area contributed by atoms with Gasteiger partial charge in [-0.3, -0.25) is 5.41 Å². The van der Waals surface area contributed by atoms with E-state index in [1.807, 2.05) is 6.92 Å². The predicted molar refractivity (Wildman–Crippen MR) is 43.9 cm³/mol. The van der Waals surface area contributed by atoms with Crippen LogP contribution in [0, 0.1) is 5.41 Å². The maximum atomic E-state index is 7.20. The minimum absolute atomic E-state index is 0.382. The van der Waals surface area contributed by atoms with Gasteiger partial charge in [-0.05, 0) is 19.8 Å². The Balaban J connectivity index is 3.05. The Morgan fingerprint density at radius 2 is 2.20 bits per heavy atom. The lowest BCUT2D eigenvalue weighted by Gasteiger charge is -2.02. The van der Waals surface area contributed by atoms with E-state index in [0.29, 0.717) is 18.4 Å². The van der Waals surface area contributed by atoms with E-state index in [1.54, 1.807) is 0 Å². The second kappa shape index (κ2) is 6.87. The Morgan fingerprint density at radius 3 is 2.70 bits per heavy atom. The van der Waals surface area contributed by atoms with Crippen LogP contribution in [0.4, 0.5) is 0 Å². The lowest BCUT2D eigenvalue weighted by molar-refractivity contribution is 0.313. The van der Waals surface area contributed by atoms with Crippen LogP contribution in [-0.4, -0.2) is 18.4 Å². The van der Waals surface area contributed by atoms with Crippen LogP contribution in [0.3, 0.4) is 0 Å². The average molecular weight is 164 g/mol. The fourth-order valence-corrected chi connectivity index (χ4v) is 0.815. The molecule has 0 bridgehead atoms. The fourth-order valence-electron chi connectivity index (χ4n) is 0.626. The van der Waals surface area contributed by atoms with Crippen LogP contribution >= 0.6 is 11.6 Å². The van der Waals surface area contributed by atoms with Gasteiger partial charge in [0.15, 0.2) is 5.90 Å². The zero-order chi connectivity index (χ0) is 7.82. The van der Waals surface area contributed by atoms with E-state index in [1.165, 1.54) is 0 Å². The van der Waals surface area contributed by atoms with Gasteiger partial charge in [0.05, 0.1) is 6.61 Å². The molecule has 0 aromatic carbocycles. The first-order valence-electron chi connectivity index (χ1n) is 3.57. The van der Waals surface area contributed by atoms with Crippen molar-refractivity contribution in [2.75, 3.05) is 12.5 Å². The molecular formula is C7H14ClNO. The highest BCUT2D eigenvalue weighted by Gasteiger charge is 1.94. The van der Waals surface area contributed by atoms with Crippen molar-refractivity contribution in [1.29, 1.82) is 5.41 Å². The molecule has 2 nitrogen and oxygen atoms in total. The Morgan fingerprint density at radius 1 is 1.50 bits per heavy atom. The lowest BCUT2D eigenvalue weighted by Crippen LogP contribution is -2.02. The predicted octanol–water partition coefficient (Wildman–Crippen LogP) is 2.41. The third kappa shape index (κ3) is 5.89. The molecule has 0 heterocycles. The third-order valence-corrected chi connectivity index (χ3v) is 1.37. The number of alkyl halides is 1. The Hall–Kier alpha value is -0.240. The molecular weight excluding hydrogens is 150 g/mol. The Kier molecular flexibility index (Phi) is 6.71. The van der Waals surface area contributed by atoms with Crippen LogP contribution in [-0.2, 0) is 4.74 Å². The summed E-state index contributed by atoms with van der Waals surface area (Å²) in [6.45, 7) is 2.48. The SMILES string of the molecule is CCOC(=N)CCCCCl. The third-order valence-electron chi connectivity index (χ3n) is 1.11. The van der Waals surface area contributed by atoms with Crippen molar-refractivity contribution in [2.45, 2.75) is 26.2 Å². The molecule has 0 aliphatic heterocycles. The van der Waals surface area contributed by atoms with Crippen LogP contribution in [0.2, 0.25) is 0 Å². The molecule has 0 aliphatic carbocycles. The van der Waals surface area contributed by atoms with E-state index in [9.17, 15) is 0 Å². The topological polar surface area (TPSA) is 33.1 Å². The number of rotatable bonds is 5. The van der Waals surface area contributed by atoms with Gasteiger partial charge < -0.3 is 4.74 Å².